The predicted octanol–water partition coefficient (Wildman–Crippen LogP) is 2.74. The Bertz CT molecular complexity index is 708. The predicted molar refractivity (Wildman–Crippen MR) is 80.0 cm³/mol. The number of amides is 1. The van der Waals surface area contributed by atoms with Gasteiger partial charge in [-0.15, -0.1) is 0 Å². The summed E-state index contributed by atoms with van der Waals surface area (Å²) in [6, 6.07) is 12.1. The first-order valence-electron chi connectivity index (χ1n) is 6.31. The summed E-state index contributed by atoms with van der Waals surface area (Å²) in [4.78, 5) is 26.4. The van der Waals surface area contributed by atoms with Gasteiger partial charge in [-0.2, -0.15) is 0 Å². The molecule has 2 N–H and O–H groups in total. The molecule has 1 aromatic heterocycles. The van der Waals surface area contributed by atoms with Gasteiger partial charge in [-0.25, -0.2) is 9.78 Å². The average Bonchev–Trinajstić information content (AvgIpc) is 2.45. The molecular formula is C16H14N2O3. The fourth-order valence-corrected chi connectivity index (χ4v) is 1.74. The molecule has 21 heavy (non-hydrogen) atoms. The van der Waals surface area contributed by atoms with Crippen molar-refractivity contribution < 1.29 is 14.7 Å². The lowest BCUT2D eigenvalue weighted by Crippen LogP contribution is -2.11. The van der Waals surface area contributed by atoms with Gasteiger partial charge in [0.1, 0.15) is 5.82 Å². The summed E-state index contributed by atoms with van der Waals surface area (Å²) in [7, 11) is 0. The number of carbonyl (C=O) groups is 2. The summed E-state index contributed by atoms with van der Waals surface area (Å²) < 4.78 is 0. The van der Waals surface area contributed by atoms with Gasteiger partial charge in [0, 0.05) is 6.08 Å². The van der Waals surface area contributed by atoms with Crippen molar-refractivity contribution in [1.82, 2.24) is 4.98 Å². The monoisotopic (exact) mass is 282 g/mol. The van der Waals surface area contributed by atoms with Crippen LogP contribution in [0.1, 0.15) is 21.6 Å². The highest BCUT2D eigenvalue weighted by atomic mass is 16.4. The quantitative estimate of drug-likeness (QED) is 0.845. The van der Waals surface area contributed by atoms with E-state index in [1.54, 1.807) is 6.08 Å². The van der Waals surface area contributed by atoms with E-state index in [1.165, 1.54) is 24.3 Å². The third kappa shape index (κ3) is 4.28. The van der Waals surface area contributed by atoms with Crippen molar-refractivity contribution in [2.24, 2.45) is 0 Å². The lowest BCUT2D eigenvalue weighted by Gasteiger charge is -2.02. The summed E-state index contributed by atoms with van der Waals surface area (Å²) in [5, 5.41) is 11.4. The molecule has 5 heteroatoms. The van der Waals surface area contributed by atoms with Gasteiger partial charge in [0.25, 0.3) is 0 Å². The van der Waals surface area contributed by atoms with Crippen molar-refractivity contribution in [3.05, 3.63) is 65.4 Å². The number of anilines is 1. The summed E-state index contributed by atoms with van der Waals surface area (Å²) in [5.41, 5.74) is 1.90. The van der Waals surface area contributed by atoms with Crippen molar-refractivity contribution in [1.29, 1.82) is 0 Å². The topological polar surface area (TPSA) is 79.3 Å². The molecule has 0 aliphatic heterocycles. The van der Waals surface area contributed by atoms with Crippen LogP contribution in [0.25, 0.3) is 6.08 Å². The van der Waals surface area contributed by atoms with E-state index in [1.807, 2.05) is 31.2 Å². The van der Waals surface area contributed by atoms with Crippen molar-refractivity contribution in [3.8, 4) is 0 Å². The zero-order chi connectivity index (χ0) is 15.2. The molecule has 0 radical (unpaired) electrons. The van der Waals surface area contributed by atoms with Gasteiger partial charge < -0.3 is 10.4 Å². The van der Waals surface area contributed by atoms with Crippen molar-refractivity contribution >= 4 is 23.8 Å². The first-order chi connectivity index (χ1) is 10.0. The Morgan fingerprint density at radius 1 is 1.19 bits per heavy atom. The van der Waals surface area contributed by atoms with Gasteiger partial charge in [0.05, 0.1) is 0 Å². The third-order valence-corrected chi connectivity index (χ3v) is 2.69. The van der Waals surface area contributed by atoms with Crippen LogP contribution in [0.2, 0.25) is 0 Å². The SMILES string of the molecule is Cc1cccc(C=CC(=O)Nc2cccc(C(=O)O)n2)c1. The average molecular weight is 282 g/mol. The molecular weight excluding hydrogens is 268 g/mol. The number of aryl methyl sites for hydroxylation is 1. The van der Waals surface area contributed by atoms with E-state index in [-0.39, 0.29) is 17.4 Å². The number of benzene rings is 1. The summed E-state index contributed by atoms with van der Waals surface area (Å²) in [5.74, 6) is -1.30. The summed E-state index contributed by atoms with van der Waals surface area (Å²) >= 11 is 0. The van der Waals surface area contributed by atoms with Gasteiger partial charge in [-0.05, 0) is 30.7 Å². The first-order valence-corrected chi connectivity index (χ1v) is 6.31. The fraction of sp³-hybridized carbons (Fsp3) is 0.0625. The molecule has 0 aliphatic rings. The molecule has 1 aromatic carbocycles. The van der Waals surface area contributed by atoms with E-state index in [2.05, 4.69) is 10.3 Å². The highest BCUT2D eigenvalue weighted by Gasteiger charge is 2.06. The molecule has 5 nitrogen and oxygen atoms in total. The van der Waals surface area contributed by atoms with Crippen LogP contribution in [0.3, 0.4) is 0 Å². The molecule has 1 heterocycles. The van der Waals surface area contributed by atoms with Crippen LogP contribution in [-0.2, 0) is 4.79 Å². The maximum absolute atomic E-state index is 11.8. The second-order valence-corrected chi connectivity index (χ2v) is 4.45. The zero-order valence-electron chi connectivity index (χ0n) is 11.4. The molecule has 0 spiro atoms. The molecule has 0 atom stereocenters. The van der Waals surface area contributed by atoms with Crippen LogP contribution in [0.15, 0.2) is 48.5 Å². The number of aromatic carboxylic acids is 1. The molecule has 2 aromatic rings. The molecule has 1 amide bonds. The lowest BCUT2D eigenvalue weighted by molar-refractivity contribution is -0.111. The Kier molecular flexibility index (Phi) is 4.46. The minimum Gasteiger partial charge on any atom is -0.477 e. The van der Waals surface area contributed by atoms with Crippen molar-refractivity contribution in [2.45, 2.75) is 6.92 Å². The molecule has 2 rings (SSSR count). The number of carboxylic acids is 1. The Hall–Kier alpha value is -2.95. The number of nitrogens with zero attached hydrogens (tertiary/aromatic N) is 1. The highest BCUT2D eigenvalue weighted by molar-refractivity contribution is 6.01. The second-order valence-electron chi connectivity index (χ2n) is 4.45. The third-order valence-electron chi connectivity index (χ3n) is 2.69. The molecule has 0 bridgehead atoms. The van der Waals surface area contributed by atoms with Crippen LogP contribution in [0.4, 0.5) is 5.82 Å². The van der Waals surface area contributed by atoms with E-state index in [9.17, 15) is 9.59 Å². The molecule has 0 saturated carbocycles. The number of carbonyl (C=O) groups excluding carboxylic acids is 1. The lowest BCUT2D eigenvalue weighted by atomic mass is 10.1. The first kappa shape index (κ1) is 14.5. The molecule has 0 aliphatic carbocycles. The van der Waals surface area contributed by atoms with Gasteiger partial charge in [-0.3, -0.25) is 4.79 Å². The number of aromatic nitrogens is 1. The molecule has 0 saturated heterocycles. The number of pyridine rings is 1. The number of hydrogen-bond acceptors (Lipinski definition) is 3. The van der Waals surface area contributed by atoms with E-state index < -0.39 is 5.97 Å². The van der Waals surface area contributed by atoms with Gasteiger partial charge in [-0.1, -0.05) is 35.9 Å². The summed E-state index contributed by atoms with van der Waals surface area (Å²) in [6.07, 6.45) is 3.06. The van der Waals surface area contributed by atoms with Gasteiger partial charge in [0.2, 0.25) is 5.91 Å². The fourth-order valence-electron chi connectivity index (χ4n) is 1.74. The number of carboxylic acid groups (broad SMARTS) is 1. The summed E-state index contributed by atoms with van der Waals surface area (Å²) in [6.45, 7) is 1.97. The Morgan fingerprint density at radius 3 is 2.67 bits per heavy atom. The van der Waals surface area contributed by atoms with Crippen LogP contribution < -0.4 is 5.32 Å². The largest absolute Gasteiger partial charge is 0.477 e. The van der Waals surface area contributed by atoms with Crippen LogP contribution >= 0.6 is 0 Å². The van der Waals surface area contributed by atoms with Gasteiger partial charge in [0.15, 0.2) is 5.69 Å². The standard InChI is InChI=1S/C16H14N2O3/c1-11-4-2-5-12(10-11)8-9-15(19)18-14-7-3-6-13(17-14)16(20)21/h2-10H,1H3,(H,20,21)(H,17,18,19). The maximum atomic E-state index is 11.8. The smallest absolute Gasteiger partial charge is 0.354 e. The van der Waals surface area contributed by atoms with E-state index in [0.717, 1.165) is 11.1 Å². The normalized spacial score (nSPS) is 10.5. The zero-order valence-corrected chi connectivity index (χ0v) is 11.4. The number of rotatable bonds is 4. The van der Waals surface area contributed by atoms with Crippen LogP contribution in [-0.4, -0.2) is 22.0 Å². The van der Waals surface area contributed by atoms with Crippen LogP contribution in [0, 0.1) is 6.92 Å². The van der Waals surface area contributed by atoms with E-state index >= 15 is 0 Å². The van der Waals surface area contributed by atoms with Crippen LogP contribution in [0.5, 0.6) is 0 Å². The van der Waals surface area contributed by atoms with Gasteiger partial charge >= 0.3 is 5.97 Å². The number of nitrogens with one attached hydrogen (secondary N) is 1. The molecule has 106 valence electrons. The minimum absolute atomic E-state index is 0.115. The van der Waals surface area contributed by atoms with E-state index in [4.69, 9.17) is 5.11 Å². The van der Waals surface area contributed by atoms with Crippen molar-refractivity contribution in [2.75, 3.05) is 5.32 Å². The van der Waals surface area contributed by atoms with E-state index in [0.29, 0.717) is 0 Å². The second kappa shape index (κ2) is 6.47. The molecule has 0 unspecified atom stereocenters. The Morgan fingerprint density at radius 2 is 1.95 bits per heavy atom. The number of hydrogen-bond donors (Lipinski definition) is 2. The Labute approximate surface area is 122 Å². The maximum Gasteiger partial charge on any atom is 0.354 e. The highest BCUT2D eigenvalue weighted by Crippen LogP contribution is 2.07. The minimum atomic E-state index is -1.14. The Balaban J connectivity index is 2.05. The molecule has 0 fully saturated rings. The van der Waals surface area contributed by atoms with Crippen molar-refractivity contribution in [3.63, 3.8) is 0 Å².